The molecule has 1 aromatic carbocycles. The molecule has 0 unspecified atom stereocenters. The van der Waals surface area contributed by atoms with Crippen molar-refractivity contribution in [2.45, 2.75) is 29.4 Å². The Morgan fingerprint density at radius 2 is 2.11 bits per heavy atom. The van der Waals surface area contributed by atoms with Gasteiger partial charge in [-0.2, -0.15) is 0 Å². The summed E-state index contributed by atoms with van der Waals surface area (Å²) >= 11 is 3.26. The van der Waals surface area contributed by atoms with Gasteiger partial charge in [-0.25, -0.2) is 8.42 Å². The van der Waals surface area contributed by atoms with Crippen molar-refractivity contribution in [2.75, 3.05) is 7.11 Å². The fourth-order valence-electron chi connectivity index (χ4n) is 1.68. The highest BCUT2D eigenvalue weighted by molar-refractivity contribution is 9.10. The van der Waals surface area contributed by atoms with Crippen LogP contribution in [0.1, 0.15) is 18.4 Å². The Kier molecular flexibility index (Phi) is 3.77. The van der Waals surface area contributed by atoms with Crippen molar-refractivity contribution >= 4 is 31.7 Å². The zero-order chi connectivity index (χ0) is 13.3. The SMILES string of the molecule is COC(=O)Cc1ccc(S(=O)(=O)C2CC2)c(Br)c1. The molecule has 1 aliphatic carbocycles. The van der Waals surface area contributed by atoms with E-state index in [9.17, 15) is 13.2 Å². The van der Waals surface area contributed by atoms with Crippen molar-refractivity contribution in [3.05, 3.63) is 28.2 Å². The summed E-state index contributed by atoms with van der Waals surface area (Å²) in [6.45, 7) is 0. The number of methoxy groups -OCH3 is 1. The first-order valence-electron chi connectivity index (χ1n) is 5.54. The van der Waals surface area contributed by atoms with Crippen LogP contribution in [0.15, 0.2) is 27.6 Å². The van der Waals surface area contributed by atoms with E-state index >= 15 is 0 Å². The second-order valence-electron chi connectivity index (χ2n) is 4.26. The minimum Gasteiger partial charge on any atom is -0.469 e. The summed E-state index contributed by atoms with van der Waals surface area (Å²) in [7, 11) is -1.89. The van der Waals surface area contributed by atoms with Gasteiger partial charge in [0.1, 0.15) is 0 Å². The molecule has 0 bridgehead atoms. The molecular weight excluding hydrogens is 320 g/mol. The summed E-state index contributed by atoms with van der Waals surface area (Å²) in [4.78, 5) is 11.4. The number of esters is 1. The predicted molar refractivity (Wildman–Crippen MR) is 70.1 cm³/mol. The van der Waals surface area contributed by atoms with Gasteiger partial charge in [-0.1, -0.05) is 6.07 Å². The number of benzene rings is 1. The van der Waals surface area contributed by atoms with Gasteiger partial charge >= 0.3 is 5.97 Å². The standard InChI is InChI=1S/C12H13BrO4S/c1-17-12(14)7-8-2-5-11(10(13)6-8)18(15,16)9-3-4-9/h2,5-6,9H,3-4,7H2,1H3. The van der Waals surface area contributed by atoms with Gasteiger partial charge in [0, 0.05) is 4.47 Å². The summed E-state index contributed by atoms with van der Waals surface area (Å²) in [5.41, 5.74) is 0.725. The van der Waals surface area contributed by atoms with E-state index in [4.69, 9.17) is 0 Å². The summed E-state index contributed by atoms with van der Waals surface area (Å²) in [5, 5.41) is -0.236. The van der Waals surface area contributed by atoms with Gasteiger partial charge in [-0.15, -0.1) is 0 Å². The molecule has 0 radical (unpaired) electrons. The van der Waals surface area contributed by atoms with E-state index in [1.54, 1.807) is 18.2 Å². The second-order valence-corrected chi connectivity index (χ2v) is 7.31. The lowest BCUT2D eigenvalue weighted by atomic mass is 10.1. The second kappa shape index (κ2) is 5.01. The van der Waals surface area contributed by atoms with Crippen LogP contribution >= 0.6 is 15.9 Å². The van der Waals surface area contributed by atoms with Crippen molar-refractivity contribution in [3.63, 3.8) is 0 Å². The van der Waals surface area contributed by atoms with Crippen LogP contribution in [0.25, 0.3) is 0 Å². The van der Waals surface area contributed by atoms with E-state index in [1.807, 2.05) is 0 Å². The average Bonchev–Trinajstić information content (AvgIpc) is 3.12. The number of carbonyl (C=O) groups excluding carboxylic acids is 1. The molecule has 18 heavy (non-hydrogen) atoms. The van der Waals surface area contributed by atoms with Gasteiger partial charge in [0.05, 0.1) is 23.7 Å². The highest BCUT2D eigenvalue weighted by Gasteiger charge is 2.37. The summed E-state index contributed by atoms with van der Waals surface area (Å²) in [5.74, 6) is -0.347. The van der Waals surface area contributed by atoms with E-state index in [1.165, 1.54) is 7.11 Å². The molecule has 2 rings (SSSR count). The van der Waals surface area contributed by atoms with Crippen molar-refractivity contribution in [1.82, 2.24) is 0 Å². The number of ether oxygens (including phenoxy) is 1. The Bertz CT molecular complexity index is 576. The minimum atomic E-state index is -3.21. The van der Waals surface area contributed by atoms with E-state index in [0.717, 1.165) is 18.4 Å². The number of halogens is 1. The first-order valence-corrected chi connectivity index (χ1v) is 7.88. The van der Waals surface area contributed by atoms with Gasteiger partial charge in [0.2, 0.25) is 0 Å². The third-order valence-corrected chi connectivity index (χ3v) is 6.08. The normalized spacial score (nSPS) is 15.4. The van der Waals surface area contributed by atoms with Crippen LogP contribution in [0.3, 0.4) is 0 Å². The summed E-state index contributed by atoms with van der Waals surface area (Å²) in [6, 6.07) is 4.86. The smallest absolute Gasteiger partial charge is 0.309 e. The van der Waals surface area contributed by atoms with Crippen LogP contribution in [-0.4, -0.2) is 26.7 Å². The molecule has 1 aromatic rings. The molecular formula is C12H13BrO4S. The quantitative estimate of drug-likeness (QED) is 0.792. The number of sulfone groups is 1. The van der Waals surface area contributed by atoms with Gasteiger partial charge < -0.3 is 4.74 Å². The Labute approximate surface area is 114 Å². The van der Waals surface area contributed by atoms with Gasteiger partial charge in [-0.3, -0.25) is 4.79 Å². The molecule has 0 heterocycles. The lowest BCUT2D eigenvalue weighted by Gasteiger charge is -2.07. The molecule has 0 amide bonds. The maximum absolute atomic E-state index is 12.1. The van der Waals surface area contributed by atoms with Crippen LogP contribution < -0.4 is 0 Å². The molecule has 1 aliphatic rings. The Morgan fingerprint density at radius 1 is 1.44 bits per heavy atom. The first-order chi connectivity index (χ1) is 8.45. The third kappa shape index (κ3) is 2.75. The third-order valence-electron chi connectivity index (χ3n) is 2.84. The van der Waals surface area contributed by atoms with E-state index in [2.05, 4.69) is 20.7 Å². The number of hydrogen-bond acceptors (Lipinski definition) is 4. The summed E-state index contributed by atoms with van der Waals surface area (Å²) < 4.78 is 29.2. The highest BCUT2D eigenvalue weighted by atomic mass is 79.9. The molecule has 1 saturated carbocycles. The number of carbonyl (C=O) groups is 1. The molecule has 0 spiro atoms. The Balaban J connectivity index is 2.28. The molecule has 1 fully saturated rings. The van der Waals surface area contributed by atoms with Crippen molar-refractivity contribution in [1.29, 1.82) is 0 Å². The van der Waals surface area contributed by atoms with Crippen molar-refractivity contribution < 1.29 is 17.9 Å². The van der Waals surface area contributed by atoms with Crippen LogP contribution in [-0.2, 0) is 25.8 Å². The van der Waals surface area contributed by atoms with Crippen LogP contribution in [0.4, 0.5) is 0 Å². The zero-order valence-corrected chi connectivity index (χ0v) is 12.3. The number of hydrogen-bond donors (Lipinski definition) is 0. The lowest BCUT2D eigenvalue weighted by molar-refractivity contribution is -0.139. The Morgan fingerprint density at radius 3 is 2.61 bits per heavy atom. The Hall–Kier alpha value is -0.880. The van der Waals surface area contributed by atoms with Crippen LogP contribution in [0, 0.1) is 0 Å². The van der Waals surface area contributed by atoms with Crippen molar-refractivity contribution in [2.24, 2.45) is 0 Å². The molecule has 0 N–H and O–H groups in total. The van der Waals surface area contributed by atoms with E-state index in [0.29, 0.717) is 9.37 Å². The monoisotopic (exact) mass is 332 g/mol. The molecule has 4 nitrogen and oxygen atoms in total. The molecule has 98 valence electrons. The highest BCUT2D eigenvalue weighted by Crippen LogP contribution is 2.36. The van der Waals surface area contributed by atoms with Gasteiger partial charge in [0.25, 0.3) is 0 Å². The average molecular weight is 333 g/mol. The molecule has 0 aromatic heterocycles. The lowest BCUT2D eigenvalue weighted by Crippen LogP contribution is -2.09. The number of rotatable bonds is 4. The fraction of sp³-hybridized carbons (Fsp3) is 0.417. The maximum atomic E-state index is 12.1. The maximum Gasteiger partial charge on any atom is 0.309 e. The van der Waals surface area contributed by atoms with E-state index < -0.39 is 9.84 Å². The van der Waals surface area contributed by atoms with Crippen LogP contribution in [0.2, 0.25) is 0 Å². The predicted octanol–water partition coefficient (Wildman–Crippen LogP) is 2.10. The summed E-state index contributed by atoms with van der Waals surface area (Å²) in [6.07, 6.45) is 1.61. The van der Waals surface area contributed by atoms with Gasteiger partial charge in [0.15, 0.2) is 9.84 Å². The largest absolute Gasteiger partial charge is 0.469 e. The van der Waals surface area contributed by atoms with Crippen molar-refractivity contribution in [3.8, 4) is 0 Å². The zero-order valence-electron chi connectivity index (χ0n) is 9.85. The van der Waals surface area contributed by atoms with Crippen LogP contribution in [0.5, 0.6) is 0 Å². The molecule has 0 atom stereocenters. The topological polar surface area (TPSA) is 60.4 Å². The fourth-order valence-corrected chi connectivity index (χ4v) is 4.49. The van der Waals surface area contributed by atoms with E-state index in [-0.39, 0.29) is 17.6 Å². The molecule has 0 aliphatic heterocycles. The first kappa shape index (κ1) is 13.5. The van der Waals surface area contributed by atoms with Gasteiger partial charge in [-0.05, 0) is 46.5 Å². The molecule has 0 saturated heterocycles. The minimum absolute atomic E-state index is 0.138. The molecule has 6 heteroatoms.